The van der Waals surface area contributed by atoms with E-state index in [0.29, 0.717) is 11.7 Å². The number of aryl methyl sites for hydroxylation is 1. The zero-order chi connectivity index (χ0) is 17.8. The molecule has 1 aromatic heterocycles. The molecule has 0 spiro atoms. The van der Waals surface area contributed by atoms with Gasteiger partial charge in [-0.3, -0.25) is 9.69 Å². The maximum absolute atomic E-state index is 13.0. The predicted molar refractivity (Wildman–Crippen MR) is 93.5 cm³/mol. The molecule has 1 saturated carbocycles. The van der Waals surface area contributed by atoms with Crippen LogP contribution in [0.4, 0.5) is 4.39 Å². The van der Waals surface area contributed by atoms with Crippen LogP contribution in [0.2, 0.25) is 0 Å². The smallest absolute Gasteiger partial charge is 0.237 e. The van der Waals surface area contributed by atoms with Crippen molar-refractivity contribution in [1.82, 2.24) is 15.4 Å². The monoisotopic (exact) mass is 345 g/mol. The first-order valence-electron chi connectivity index (χ1n) is 8.75. The Balaban J connectivity index is 1.45. The van der Waals surface area contributed by atoms with Crippen molar-refractivity contribution in [1.29, 1.82) is 0 Å². The standard InChI is InChI=1S/C19H24FN3O2/c1-13(19(24)21-16-9-10-16)23(2)11-3-4-17-12-18(22-25-17)14-5-7-15(20)8-6-14/h5-8,12-13,16H,3-4,9-11H2,1-2H3,(H,21,24)/t13-/m1/s1. The molecule has 1 aliphatic carbocycles. The van der Waals surface area contributed by atoms with Crippen LogP contribution in [0.15, 0.2) is 34.9 Å². The molecule has 0 saturated heterocycles. The van der Waals surface area contributed by atoms with Gasteiger partial charge in [0.2, 0.25) is 5.91 Å². The molecular formula is C19H24FN3O2. The highest BCUT2D eigenvalue weighted by Gasteiger charge is 2.26. The number of carbonyl (C=O) groups is 1. The summed E-state index contributed by atoms with van der Waals surface area (Å²) in [5.74, 6) is 0.626. The zero-order valence-corrected chi connectivity index (χ0v) is 14.7. The summed E-state index contributed by atoms with van der Waals surface area (Å²) < 4.78 is 18.3. The predicted octanol–water partition coefficient (Wildman–Crippen LogP) is 3.01. The van der Waals surface area contributed by atoms with Crippen molar-refractivity contribution in [3.8, 4) is 11.3 Å². The number of nitrogens with zero attached hydrogens (tertiary/aromatic N) is 2. The van der Waals surface area contributed by atoms with E-state index in [1.165, 1.54) is 12.1 Å². The van der Waals surface area contributed by atoms with Gasteiger partial charge in [-0.25, -0.2) is 4.39 Å². The fourth-order valence-electron chi connectivity index (χ4n) is 2.63. The molecule has 0 unspecified atom stereocenters. The van der Waals surface area contributed by atoms with Crippen LogP contribution < -0.4 is 5.32 Å². The number of rotatable bonds is 8. The summed E-state index contributed by atoms with van der Waals surface area (Å²) in [6.07, 6.45) is 3.82. The van der Waals surface area contributed by atoms with Crippen LogP contribution in [-0.2, 0) is 11.2 Å². The van der Waals surface area contributed by atoms with E-state index in [0.717, 1.165) is 43.6 Å². The van der Waals surface area contributed by atoms with Crippen molar-refractivity contribution >= 4 is 5.91 Å². The van der Waals surface area contributed by atoms with Crippen molar-refractivity contribution in [2.24, 2.45) is 0 Å². The summed E-state index contributed by atoms with van der Waals surface area (Å²) in [5.41, 5.74) is 1.54. The van der Waals surface area contributed by atoms with Crippen LogP contribution in [0, 0.1) is 5.82 Å². The highest BCUT2D eigenvalue weighted by molar-refractivity contribution is 5.81. The van der Waals surface area contributed by atoms with Gasteiger partial charge in [-0.1, -0.05) is 5.16 Å². The Morgan fingerprint density at radius 3 is 2.80 bits per heavy atom. The average Bonchev–Trinajstić information content (AvgIpc) is 3.29. The van der Waals surface area contributed by atoms with E-state index in [1.54, 1.807) is 12.1 Å². The summed E-state index contributed by atoms with van der Waals surface area (Å²) in [5, 5.41) is 7.07. The number of hydrogen-bond donors (Lipinski definition) is 1. The Labute approximate surface area is 147 Å². The van der Waals surface area contributed by atoms with Gasteiger partial charge < -0.3 is 9.84 Å². The van der Waals surface area contributed by atoms with Crippen LogP contribution in [0.1, 0.15) is 31.9 Å². The highest BCUT2D eigenvalue weighted by atomic mass is 19.1. The second-order valence-corrected chi connectivity index (χ2v) is 6.73. The molecule has 1 amide bonds. The van der Waals surface area contributed by atoms with Crippen molar-refractivity contribution in [2.75, 3.05) is 13.6 Å². The molecular weight excluding hydrogens is 321 g/mol. The first kappa shape index (κ1) is 17.6. The third kappa shape index (κ3) is 4.89. The number of halogens is 1. The summed E-state index contributed by atoms with van der Waals surface area (Å²) in [7, 11) is 1.96. The molecule has 3 rings (SSSR count). The number of nitrogens with one attached hydrogen (secondary N) is 1. The fourth-order valence-corrected chi connectivity index (χ4v) is 2.63. The maximum atomic E-state index is 13.0. The third-order valence-corrected chi connectivity index (χ3v) is 4.60. The number of benzene rings is 1. The quantitative estimate of drug-likeness (QED) is 0.799. The lowest BCUT2D eigenvalue weighted by Crippen LogP contribution is -2.44. The van der Waals surface area contributed by atoms with Crippen molar-refractivity contribution in [2.45, 2.75) is 44.7 Å². The molecule has 2 aromatic rings. The van der Waals surface area contributed by atoms with E-state index in [9.17, 15) is 9.18 Å². The van der Waals surface area contributed by atoms with Crippen molar-refractivity contribution in [3.05, 3.63) is 41.9 Å². The molecule has 1 atom stereocenters. The molecule has 1 aliphatic rings. The molecule has 134 valence electrons. The fraction of sp³-hybridized carbons (Fsp3) is 0.474. The first-order chi connectivity index (χ1) is 12.0. The Kier molecular flexibility index (Phi) is 5.48. The number of amides is 1. The number of aromatic nitrogens is 1. The van der Waals surface area contributed by atoms with Crippen LogP contribution in [0.5, 0.6) is 0 Å². The van der Waals surface area contributed by atoms with Gasteiger partial charge in [0.25, 0.3) is 0 Å². The van der Waals surface area contributed by atoms with Gasteiger partial charge in [0.1, 0.15) is 17.3 Å². The molecule has 1 fully saturated rings. The van der Waals surface area contributed by atoms with Gasteiger partial charge in [0.15, 0.2) is 0 Å². The maximum Gasteiger partial charge on any atom is 0.237 e. The van der Waals surface area contributed by atoms with E-state index in [1.807, 2.05) is 20.0 Å². The summed E-state index contributed by atoms with van der Waals surface area (Å²) in [6, 6.07) is 8.33. The number of hydrogen-bond acceptors (Lipinski definition) is 4. The normalized spacial score (nSPS) is 15.4. The van der Waals surface area contributed by atoms with Crippen LogP contribution in [0.3, 0.4) is 0 Å². The lowest BCUT2D eigenvalue weighted by molar-refractivity contribution is -0.125. The van der Waals surface area contributed by atoms with Gasteiger partial charge >= 0.3 is 0 Å². The van der Waals surface area contributed by atoms with Crippen molar-refractivity contribution in [3.63, 3.8) is 0 Å². The van der Waals surface area contributed by atoms with E-state index in [-0.39, 0.29) is 17.8 Å². The molecule has 6 heteroatoms. The average molecular weight is 345 g/mol. The second kappa shape index (κ2) is 7.78. The van der Waals surface area contributed by atoms with Crippen molar-refractivity contribution < 1.29 is 13.7 Å². The lowest BCUT2D eigenvalue weighted by atomic mass is 10.1. The molecule has 0 bridgehead atoms. The van der Waals surface area contributed by atoms with E-state index >= 15 is 0 Å². The molecule has 1 heterocycles. The topological polar surface area (TPSA) is 58.4 Å². The minimum Gasteiger partial charge on any atom is -0.361 e. The van der Waals surface area contributed by atoms with Gasteiger partial charge in [-0.15, -0.1) is 0 Å². The lowest BCUT2D eigenvalue weighted by Gasteiger charge is -2.23. The number of likely N-dealkylation sites (N-methyl/N-ethyl adjacent to an activating group) is 1. The molecule has 1 N–H and O–H groups in total. The molecule has 0 aliphatic heterocycles. The Hall–Kier alpha value is -2.21. The summed E-state index contributed by atoms with van der Waals surface area (Å²) in [4.78, 5) is 14.1. The largest absolute Gasteiger partial charge is 0.361 e. The summed E-state index contributed by atoms with van der Waals surface area (Å²) in [6.45, 7) is 2.73. The van der Waals surface area contributed by atoms with E-state index in [4.69, 9.17) is 4.52 Å². The molecule has 0 radical (unpaired) electrons. The highest BCUT2D eigenvalue weighted by Crippen LogP contribution is 2.21. The van der Waals surface area contributed by atoms with E-state index < -0.39 is 0 Å². The van der Waals surface area contributed by atoms with Gasteiger partial charge in [0, 0.05) is 24.1 Å². The van der Waals surface area contributed by atoms with Gasteiger partial charge in [0.05, 0.1) is 6.04 Å². The van der Waals surface area contributed by atoms with Gasteiger partial charge in [-0.2, -0.15) is 0 Å². The zero-order valence-electron chi connectivity index (χ0n) is 14.7. The Morgan fingerprint density at radius 1 is 1.40 bits per heavy atom. The molecule has 25 heavy (non-hydrogen) atoms. The first-order valence-corrected chi connectivity index (χ1v) is 8.75. The van der Waals surface area contributed by atoms with Gasteiger partial charge in [-0.05, 0) is 64.0 Å². The molecule has 1 aromatic carbocycles. The van der Waals surface area contributed by atoms with E-state index in [2.05, 4.69) is 15.4 Å². The minimum atomic E-state index is -0.268. The minimum absolute atomic E-state index is 0.100. The van der Waals surface area contributed by atoms with Crippen LogP contribution in [-0.4, -0.2) is 41.6 Å². The summed E-state index contributed by atoms with van der Waals surface area (Å²) >= 11 is 0. The molecule has 5 nitrogen and oxygen atoms in total. The van der Waals surface area contributed by atoms with Crippen LogP contribution >= 0.6 is 0 Å². The Bertz CT molecular complexity index is 710. The third-order valence-electron chi connectivity index (χ3n) is 4.60. The SMILES string of the molecule is C[C@H](C(=O)NC1CC1)N(C)CCCc1cc(-c2ccc(F)cc2)no1. The van der Waals surface area contributed by atoms with Crippen LogP contribution in [0.25, 0.3) is 11.3 Å². The number of carbonyl (C=O) groups excluding carboxylic acids is 1. The second-order valence-electron chi connectivity index (χ2n) is 6.73. The Morgan fingerprint density at radius 2 is 2.12 bits per heavy atom.